The predicted molar refractivity (Wildman–Crippen MR) is 122 cm³/mol. The maximum Gasteiger partial charge on any atom is 0.194 e. The number of nitrogens with one attached hydrogen (secondary N) is 1. The van der Waals surface area contributed by atoms with Gasteiger partial charge in [0.1, 0.15) is 11.1 Å². The van der Waals surface area contributed by atoms with Crippen LogP contribution in [0.25, 0.3) is 0 Å². The smallest absolute Gasteiger partial charge is 0.194 e. The molecule has 0 radical (unpaired) electrons. The van der Waals surface area contributed by atoms with Gasteiger partial charge in [-0.25, -0.2) is 4.98 Å². The Morgan fingerprint density at radius 1 is 1.37 bits per heavy atom. The van der Waals surface area contributed by atoms with Gasteiger partial charge in [0.05, 0.1) is 25.5 Å². The normalized spacial score (nSPS) is 16.5. The Morgan fingerprint density at radius 2 is 2.13 bits per heavy atom. The molecule has 1 aromatic heterocycles. The molecule has 8 heteroatoms. The van der Waals surface area contributed by atoms with Crippen molar-refractivity contribution < 1.29 is 9.47 Å². The molecule has 30 heavy (non-hydrogen) atoms. The first kappa shape index (κ1) is 22.7. The summed E-state index contributed by atoms with van der Waals surface area (Å²) in [5.41, 5.74) is 3.61. The molecule has 0 aliphatic carbocycles. The number of aromatic nitrogens is 1. The fraction of sp³-hybridized carbons (Fsp3) is 0.545. The van der Waals surface area contributed by atoms with E-state index in [-0.39, 0.29) is 6.10 Å². The van der Waals surface area contributed by atoms with Gasteiger partial charge in [-0.3, -0.25) is 9.89 Å². The van der Waals surface area contributed by atoms with Crippen molar-refractivity contribution in [3.8, 4) is 0 Å². The lowest BCUT2D eigenvalue weighted by atomic mass is 10.1. The number of benzene rings is 1. The van der Waals surface area contributed by atoms with Crippen molar-refractivity contribution in [2.75, 3.05) is 47.5 Å². The van der Waals surface area contributed by atoms with Crippen molar-refractivity contribution in [2.45, 2.75) is 32.7 Å². The summed E-state index contributed by atoms with van der Waals surface area (Å²) in [7, 11) is 5.55. The van der Waals surface area contributed by atoms with Crippen molar-refractivity contribution in [2.24, 2.45) is 4.99 Å². The Labute approximate surface area is 183 Å². The predicted octanol–water partition coefficient (Wildman–Crippen LogP) is 2.89. The van der Waals surface area contributed by atoms with Crippen molar-refractivity contribution in [1.29, 1.82) is 0 Å². The van der Waals surface area contributed by atoms with Crippen LogP contribution in [0.1, 0.15) is 34.9 Å². The number of aliphatic imine (C=N–C) groups is 1. The summed E-state index contributed by atoms with van der Waals surface area (Å²) < 4.78 is 10.8. The SMILES string of the molecule is CN=C(NCc1cccc(CN2CCOCC2)c1)N(C)Cc1csc(C(C)OC)n1. The number of guanidine groups is 1. The minimum absolute atomic E-state index is 0.0243. The average molecular weight is 432 g/mol. The van der Waals surface area contributed by atoms with Crippen LogP contribution in [0.15, 0.2) is 34.6 Å². The van der Waals surface area contributed by atoms with Gasteiger partial charge >= 0.3 is 0 Å². The van der Waals surface area contributed by atoms with E-state index in [0.29, 0.717) is 6.54 Å². The molecule has 0 amide bonds. The molecular weight excluding hydrogens is 398 g/mol. The Hall–Kier alpha value is -2.00. The molecule has 7 nitrogen and oxygen atoms in total. The van der Waals surface area contributed by atoms with E-state index < -0.39 is 0 Å². The van der Waals surface area contributed by atoms with Crippen LogP contribution in [0.3, 0.4) is 0 Å². The minimum atomic E-state index is 0.0243. The summed E-state index contributed by atoms with van der Waals surface area (Å²) in [4.78, 5) is 13.6. The molecule has 1 fully saturated rings. The molecule has 1 aliphatic rings. The van der Waals surface area contributed by atoms with Crippen LogP contribution in [0, 0.1) is 0 Å². The van der Waals surface area contributed by atoms with Crippen LogP contribution in [-0.2, 0) is 29.1 Å². The summed E-state index contributed by atoms with van der Waals surface area (Å²) in [5.74, 6) is 0.850. The zero-order valence-electron chi connectivity index (χ0n) is 18.4. The van der Waals surface area contributed by atoms with Gasteiger partial charge in [0.15, 0.2) is 5.96 Å². The third-order valence-electron chi connectivity index (χ3n) is 5.20. The van der Waals surface area contributed by atoms with Gasteiger partial charge in [-0.2, -0.15) is 0 Å². The van der Waals surface area contributed by atoms with Crippen LogP contribution in [0.2, 0.25) is 0 Å². The Morgan fingerprint density at radius 3 is 2.87 bits per heavy atom. The van der Waals surface area contributed by atoms with E-state index in [0.717, 1.165) is 56.1 Å². The summed E-state index contributed by atoms with van der Waals surface area (Å²) in [6.45, 7) is 8.07. The summed E-state index contributed by atoms with van der Waals surface area (Å²) in [5, 5.41) is 6.56. The lowest BCUT2D eigenvalue weighted by molar-refractivity contribution is 0.0342. The van der Waals surface area contributed by atoms with Gasteiger partial charge in [0.2, 0.25) is 0 Å². The van der Waals surface area contributed by atoms with Crippen molar-refractivity contribution in [3.05, 3.63) is 51.5 Å². The zero-order valence-corrected chi connectivity index (χ0v) is 19.2. The fourth-order valence-electron chi connectivity index (χ4n) is 3.42. The van der Waals surface area contributed by atoms with E-state index in [1.54, 1.807) is 18.4 Å². The second-order valence-corrected chi connectivity index (χ2v) is 8.41. The van der Waals surface area contributed by atoms with Gasteiger partial charge in [-0.15, -0.1) is 11.3 Å². The monoisotopic (exact) mass is 431 g/mol. The second-order valence-electron chi connectivity index (χ2n) is 7.52. The molecule has 3 rings (SSSR count). The highest BCUT2D eigenvalue weighted by atomic mass is 32.1. The van der Waals surface area contributed by atoms with Crippen LogP contribution >= 0.6 is 11.3 Å². The van der Waals surface area contributed by atoms with Gasteiger partial charge in [-0.1, -0.05) is 24.3 Å². The molecule has 1 saturated heterocycles. The van der Waals surface area contributed by atoms with Gasteiger partial charge in [0.25, 0.3) is 0 Å². The Bertz CT molecular complexity index is 819. The number of rotatable bonds is 8. The molecule has 1 atom stereocenters. The first-order valence-electron chi connectivity index (χ1n) is 10.4. The third-order valence-corrected chi connectivity index (χ3v) is 6.25. The summed E-state index contributed by atoms with van der Waals surface area (Å²) in [6.07, 6.45) is 0.0243. The second kappa shape index (κ2) is 11.4. The lowest BCUT2D eigenvalue weighted by Gasteiger charge is -2.26. The van der Waals surface area contributed by atoms with Crippen LogP contribution < -0.4 is 5.32 Å². The standard InChI is InChI=1S/C22H33N5O2S/c1-17(28-4)21-25-20(16-30-21)15-26(3)22(23-2)24-13-18-6-5-7-19(12-18)14-27-8-10-29-11-9-27/h5-7,12,16-17H,8-11,13-15H2,1-4H3,(H,23,24). The van der Waals surface area contributed by atoms with Gasteiger partial charge < -0.3 is 19.7 Å². The Balaban J connectivity index is 1.53. The van der Waals surface area contributed by atoms with Crippen molar-refractivity contribution in [1.82, 2.24) is 20.1 Å². The highest BCUT2D eigenvalue weighted by Gasteiger charge is 2.13. The maximum absolute atomic E-state index is 5.44. The van der Waals surface area contributed by atoms with Crippen LogP contribution in [0.5, 0.6) is 0 Å². The van der Waals surface area contributed by atoms with E-state index in [4.69, 9.17) is 9.47 Å². The summed E-state index contributed by atoms with van der Waals surface area (Å²) >= 11 is 1.63. The molecule has 2 aromatic rings. The minimum Gasteiger partial charge on any atom is -0.379 e. The van der Waals surface area contributed by atoms with E-state index in [1.165, 1.54) is 11.1 Å². The fourth-order valence-corrected chi connectivity index (χ4v) is 4.26. The van der Waals surface area contributed by atoms with Gasteiger partial charge in [-0.05, 0) is 18.1 Å². The van der Waals surface area contributed by atoms with Gasteiger partial charge in [0, 0.05) is 52.8 Å². The number of thiazole rings is 1. The molecule has 164 valence electrons. The van der Waals surface area contributed by atoms with E-state index in [1.807, 2.05) is 21.0 Å². The highest BCUT2D eigenvalue weighted by Crippen LogP contribution is 2.21. The maximum atomic E-state index is 5.44. The lowest BCUT2D eigenvalue weighted by Crippen LogP contribution is -2.38. The topological polar surface area (TPSA) is 62.2 Å². The zero-order chi connectivity index (χ0) is 21.3. The van der Waals surface area contributed by atoms with E-state index >= 15 is 0 Å². The molecule has 0 spiro atoms. The largest absolute Gasteiger partial charge is 0.379 e. The van der Waals surface area contributed by atoms with Crippen molar-refractivity contribution >= 4 is 17.3 Å². The van der Waals surface area contributed by atoms with Crippen molar-refractivity contribution in [3.63, 3.8) is 0 Å². The number of nitrogens with zero attached hydrogens (tertiary/aromatic N) is 4. The molecule has 0 saturated carbocycles. The molecule has 1 aliphatic heterocycles. The highest BCUT2D eigenvalue weighted by molar-refractivity contribution is 7.09. The first-order chi connectivity index (χ1) is 14.6. The van der Waals surface area contributed by atoms with E-state index in [9.17, 15) is 0 Å². The average Bonchev–Trinajstić information content (AvgIpc) is 3.23. The molecule has 0 bridgehead atoms. The number of hydrogen-bond donors (Lipinski definition) is 1. The molecular formula is C22H33N5O2S. The molecule has 2 heterocycles. The molecule has 1 unspecified atom stereocenters. The van der Waals surface area contributed by atoms with Crippen LogP contribution in [0.4, 0.5) is 0 Å². The number of ether oxygens (including phenoxy) is 2. The number of methoxy groups -OCH3 is 1. The number of hydrogen-bond acceptors (Lipinski definition) is 6. The first-order valence-corrected chi connectivity index (χ1v) is 11.2. The van der Waals surface area contributed by atoms with E-state index in [2.05, 4.69) is 54.7 Å². The molecule has 1 aromatic carbocycles. The Kier molecular flexibility index (Phi) is 8.62. The third kappa shape index (κ3) is 6.50. The quantitative estimate of drug-likeness (QED) is 0.512. The van der Waals surface area contributed by atoms with Crippen LogP contribution in [-0.4, -0.2) is 68.3 Å². The molecule has 1 N–H and O–H groups in total. The number of morpholine rings is 1. The summed E-state index contributed by atoms with van der Waals surface area (Å²) in [6, 6.07) is 8.75.